The van der Waals surface area contributed by atoms with E-state index in [1.165, 1.54) is 212 Å². The zero-order chi connectivity index (χ0) is 57.8. The molecule has 6 heteroatoms. The Morgan fingerprint density at radius 3 is 0.775 bits per heavy atom. The van der Waals surface area contributed by atoms with Gasteiger partial charge in [0.2, 0.25) is 0 Å². The van der Waals surface area contributed by atoms with E-state index in [1.54, 1.807) is 0 Å². The summed E-state index contributed by atoms with van der Waals surface area (Å²) in [5, 5.41) is 0. The first kappa shape index (κ1) is 76.9. The molecule has 0 saturated carbocycles. The molecule has 0 aromatic carbocycles. The maximum atomic E-state index is 13.0. The fourth-order valence-electron chi connectivity index (χ4n) is 10.2. The first-order valence-corrected chi connectivity index (χ1v) is 34.9. The Balaban J connectivity index is 4.38. The SMILES string of the molecule is CC/C=C\C/C=C\C/C=C\C/C=C\C/C=C\CCCCCCCC(=O)OC(COC(=O)CCCCCCCCCCC/C=C\CCCCCCCC)COC(=O)CCCCCCCCCCCCCCCCCCCCCCCC. The molecular weight excluding hydrogens is 985 g/mol. The highest BCUT2D eigenvalue weighted by Gasteiger charge is 2.19. The van der Waals surface area contributed by atoms with E-state index in [1.807, 2.05) is 0 Å². The van der Waals surface area contributed by atoms with Gasteiger partial charge in [-0.05, 0) is 89.9 Å². The molecule has 0 heterocycles. The van der Waals surface area contributed by atoms with E-state index in [0.717, 1.165) is 109 Å². The highest BCUT2D eigenvalue weighted by atomic mass is 16.6. The zero-order valence-corrected chi connectivity index (χ0v) is 53.3. The highest BCUT2D eigenvalue weighted by Crippen LogP contribution is 2.18. The van der Waals surface area contributed by atoms with E-state index in [-0.39, 0.29) is 31.1 Å². The van der Waals surface area contributed by atoms with Gasteiger partial charge in [0.25, 0.3) is 0 Å². The number of unbranched alkanes of at least 4 members (excludes halogenated alkanes) is 41. The number of rotatable bonds is 64. The van der Waals surface area contributed by atoms with Gasteiger partial charge in [0.15, 0.2) is 6.10 Å². The minimum atomic E-state index is -0.787. The topological polar surface area (TPSA) is 78.9 Å². The number of allylic oxidation sites excluding steroid dienone is 12. The van der Waals surface area contributed by atoms with Gasteiger partial charge < -0.3 is 14.2 Å². The molecule has 80 heavy (non-hydrogen) atoms. The fraction of sp³-hybridized carbons (Fsp3) is 0.797. The molecule has 0 aromatic rings. The van der Waals surface area contributed by atoms with Crippen LogP contribution in [0.3, 0.4) is 0 Å². The summed E-state index contributed by atoms with van der Waals surface area (Å²) in [5.74, 6) is -0.879. The molecule has 0 aliphatic rings. The van der Waals surface area contributed by atoms with Crippen LogP contribution in [0.15, 0.2) is 72.9 Å². The normalized spacial score (nSPS) is 12.5. The molecule has 0 aliphatic carbocycles. The second-order valence-corrected chi connectivity index (χ2v) is 23.4. The predicted molar refractivity (Wildman–Crippen MR) is 348 cm³/mol. The minimum absolute atomic E-state index is 0.0804. The van der Waals surface area contributed by atoms with Gasteiger partial charge in [0.05, 0.1) is 0 Å². The summed E-state index contributed by atoms with van der Waals surface area (Å²) in [5.41, 5.74) is 0. The number of carbonyl (C=O) groups is 3. The molecule has 464 valence electrons. The smallest absolute Gasteiger partial charge is 0.306 e. The van der Waals surface area contributed by atoms with Crippen molar-refractivity contribution in [2.24, 2.45) is 0 Å². The summed E-state index contributed by atoms with van der Waals surface area (Å²) in [7, 11) is 0. The lowest BCUT2D eigenvalue weighted by Crippen LogP contribution is -2.30. The fourth-order valence-corrected chi connectivity index (χ4v) is 10.2. The van der Waals surface area contributed by atoms with Crippen LogP contribution >= 0.6 is 0 Å². The molecule has 0 bridgehead atoms. The Morgan fingerprint density at radius 1 is 0.263 bits per heavy atom. The third-order valence-electron chi connectivity index (χ3n) is 15.4. The molecule has 0 radical (unpaired) electrons. The van der Waals surface area contributed by atoms with Crippen molar-refractivity contribution in [2.45, 2.75) is 367 Å². The van der Waals surface area contributed by atoms with E-state index in [2.05, 4.69) is 93.7 Å². The Morgan fingerprint density at radius 2 is 0.487 bits per heavy atom. The number of esters is 3. The van der Waals surface area contributed by atoms with Crippen molar-refractivity contribution >= 4 is 17.9 Å². The van der Waals surface area contributed by atoms with Crippen LogP contribution in [0.2, 0.25) is 0 Å². The molecule has 0 saturated heterocycles. The second-order valence-electron chi connectivity index (χ2n) is 23.4. The van der Waals surface area contributed by atoms with Crippen LogP contribution in [-0.2, 0) is 28.6 Å². The van der Waals surface area contributed by atoms with E-state index < -0.39 is 6.10 Å². The summed E-state index contributed by atoms with van der Waals surface area (Å²) < 4.78 is 17.0. The molecule has 6 nitrogen and oxygen atoms in total. The van der Waals surface area contributed by atoms with Crippen molar-refractivity contribution in [3.63, 3.8) is 0 Å². The van der Waals surface area contributed by atoms with E-state index in [0.29, 0.717) is 19.3 Å². The molecule has 0 aliphatic heterocycles. The van der Waals surface area contributed by atoms with Crippen LogP contribution in [-0.4, -0.2) is 37.2 Å². The number of carbonyl (C=O) groups excluding carboxylic acids is 3. The Kier molecular flexibility index (Phi) is 65.7. The largest absolute Gasteiger partial charge is 0.462 e. The number of hydrogen-bond donors (Lipinski definition) is 0. The van der Waals surface area contributed by atoms with Gasteiger partial charge in [-0.2, -0.15) is 0 Å². The molecule has 0 spiro atoms. The average Bonchev–Trinajstić information content (AvgIpc) is 3.46. The van der Waals surface area contributed by atoms with Gasteiger partial charge in [-0.3, -0.25) is 14.4 Å². The molecule has 0 N–H and O–H groups in total. The molecule has 0 amide bonds. The first-order valence-electron chi connectivity index (χ1n) is 34.9. The van der Waals surface area contributed by atoms with Crippen LogP contribution in [0, 0.1) is 0 Å². The zero-order valence-electron chi connectivity index (χ0n) is 53.3. The lowest BCUT2D eigenvalue weighted by molar-refractivity contribution is -0.167. The van der Waals surface area contributed by atoms with Gasteiger partial charge in [0, 0.05) is 19.3 Å². The lowest BCUT2D eigenvalue weighted by atomic mass is 10.0. The molecule has 0 aromatic heterocycles. The molecule has 1 unspecified atom stereocenters. The number of ether oxygens (including phenoxy) is 3. The van der Waals surface area contributed by atoms with Gasteiger partial charge in [-0.25, -0.2) is 0 Å². The quantitative estimate of drug-likeness (QED) is 0.0261. The van der Waals surface area contributed by atoms with Crippen LogP contribution < -0.4 is 0 Å². The standard InChI is InChI=1S/C74H132O6/c1-4-7-10-13-16-19-22-25-28-31-34-36-38-40-43-46-49-52-55-58-61-64-67-73(76)79-70-71(69-78-72(75)66-63-60-57-54-51-48-45-42-39-33-30-27-24-21-18-15-12-9-6-3)80-74(77)68-65-62-59-56-53-50-47-44-41-37-35-32-29-26-23-20-17-14-11-8-5-2/h8,11,17,20,26-27,29-30,35,37,44,47,71H,4-7,9-10,12-16,18-19,21-25,28,31-34,36,38-43,45-46,48-70H2,1-3H3/b11-8-,20-17-,29-26-,30-27-,37-35-,47-44-. The molecular formula is C74H132O6. The summed E-state index contributed by atoms with van der Waals surface area (Å²) in [6, 6.07) is 0. The van der Waals surface area contributed by atoms with Crippen molar-refractivity contribution in [3.05, 3.63) is 72.9 Å². The first-order chi connectivity index (χ1) is 39.5. The summed E-state index contributed by atoms with van der Waals surface area (Å²) >= 11 is 0. The van der Waals surface area contributed by atoms with Crippen LogP contribution in [0.5, 0.6) is 0 Å². The highest BCUT2D eigenvalue weighted by molar-refractivity contribution is 5.71. The predicted octanol–water partition coefficient (Wildman–Crippen LogP) is 24.1. The second kappa shape index (κ2) is 68.3. The third kappa shape index (κ3) is 65.7. The number of hydrogen-bond acceptors (Lipinski definition) is 6. The van der Waals surface area contributed by atoms with E-state index >= 15 is 0 Å². The van der Waals surface area contributed by atoms with Gasteiger partial charge in [-0.1, -0.05) is 325 Å². The van der Waals surface area contributed by atoms with E-state index in [9.17, 15) is 14.4 Å². The maximum Gasteiger partial charge on any atom is 0.306 e. The van der Waals surface area contributed by atoms with Crippen molar-refractivity contribution in [2.75, 3.05) is 13.2 Å². The van der Waals surface area contributed by atoms with Gasteiger partial charge in [-0.15, -0.1) is 0 Å². The van der Waals surface area contributed by atoms with E-state index in [4.69, 9.17) is 14.2 Å². The monoisotopic (exact) mass is 1120 g/mol. The Hall–Kier alpha value is -3.15. The van der Waals surface area contributed by atoms with Gasteiger partial charge >= 0.3 is 17.9 Å². The Bertz CT molecular complexity index is 1470. The Labute approximate surface area is 497 Å². The molecule has 0 rings (SSSR count). The van der Waals surface area contributed by atoms with Crippen molar-refractivity contribution in [3.8, 4) is 0 Å². The maximum absolute atomic E-state index is 13.0. The van der Waals surface area contributed by atoms with Crippen molar-refractivity contribution in [1.29, 1.82) is 0 Å². The third-order valence-corrected chi connectivity index (χ3v) is 15.4. The van der Waals surface area contributed by atoms with Crippen molar-refractivity contribution in [1.82, 2.24) is 0 Å². The molecule has 1 atom stereocenters. The summed E-state index contributed by atoms with van der Waals surface area (Å²) in [4.78, 5) is 38.5. The minimum Gasteiger partial charge on any atom is -0.462 e. The lowest BCUT2D eigenvalue weighted by Gasteiger charge is -2.18. The average molecular weight is 1120 g/mol. The van der Waals surface area contributed by atoms with Crippen LogP contribution in [0.1, 0.15) is 361 Å². The van der Waals surface area contributed by atoms with Gasteiger partial charge in [0.1, 0.15) is 13.2 Å². The molecule has 0 fully saturated rings. The van der Waals surface area contributed by atoms with Crippen LogP contribution in [0.25, 0.3) is 0 Å². The summed E-state index contributed by atoms with van der Waals surface area (Å²) in [6.07, 6.45) is 89.2. The van der Waals surface area contributed by atoms with Crippen LogP contribution in [0.4, 0.5) is 0 Å². The summed E-state index contributed by atoms with van der Waals surface area (Å²) in [6.45, 7) is 6.57. The van der Waals surface area contributed by atoms with Crippen molar-refractivity contribution < 1.29 is 28.6 Å².